The number of carbonyl (C=O) groups excluding carboxylic acids is 2. The maximum Gasteiger partial charge on any atom is 0.236 e. The first-order chi connectivity index (χ1) is 15.7. The zero-order valence-corrected chi connectivity index (χ0v) is 21.6. The molecule has 7 heteroatoms. The number of benzene rings is 1. The fraction of sp³-hybridized carbons (Fsp3) is 0.538. The predicted octanol–water partition coefficient (Wildman–Crippen LogP) is 4.33. The highest BCUT2D eigenvalue weighted by molar-refractivity contribution is 7.10. The molecule has 0 aliphatic carbocycles. The van der Waals surface area contributed by atoms with Gasteiger partial charge in [0.05, 0.1) is 18.0 Å². The number of piperazine rings is 1. The van der Waals surface area contributed by atoms with Gasteiger partial charge in [0.15, 0.2) is 0 Å². The van der Waals surface area contributed by atoms with Crippen LogP contribution in [-0.4, -0.2) is 71.2 Å². The number of rotatable bonds is 5. The minimum Gasteiger partial charge on any atom is -0.338 e. The molecule has 2 amide bonds. The van der Waals surface area contributed by atoms with Crippen LogP contribution in [0, 0.1) is 12.3 Å². The number of nitrogens with zero attached hydrogens (tertiary/aromatic N) is 3. The maximum atomic E-state index is 13.4. The number of halogens is 1. The molecular weight excluding hydrogens is 454 g/mol. The van der Waals surface area contributed by atoms with Gasteiger partial charge in [-0.3, -0.25) is 14.5 Å². The van der Waals surface area contributed by atoms with E-state index < -0.39 is 5.41 Å². The van der Waals surface area contributed by atoms with Crippen LogP contribution in [0.4, 0.5) is 0 Å². The summed E-state index contributed by atoms with van der Waals surface area (Å²) in [5.74, 6) is 0.498. The third-order valence-electron chi connectivity index (χ3n) is 7.04. The molecule has 1 aromatic carbocycles. The Morgan fingerprint density at radius 2 is 1.88 bits per heavy atom. The van der Waals surface area contributed by atoms with Crippen molar-refractivity contribution in [2.45, 2.75) is 46.2 Å². The van der Waals surface area contributed by atoms with Crippen LogP contribution in [0.15, 0.2) is 35.7 Å². The van der Waals surface area contributed by atoms with Crippen molar-refractivity contribution < 1.29 is 9.59 Å². The normalized spacial score (nSPS) is 21.7. The summed E-state index contributed by atoms with van der Waals surface area (Å²) >= 11 is 7.85. The minimum atomic E-state index is -0.588. The van der Waals surface area contributed by atoms with Crippen molar-refractivity contribution in [1.29, 1.82) is 0 Å². The van der Waals surface area contributed by atoms with E-state index in [0.29, 0.717) is 26.2 Å². The zero-order chi connectivity index (χ0) is 23.8. The Labute approximate surface area is 206 Å². The lowest BCUT2D eigenvalue weighted by Crippen LogP contribution is -2.59. The lowest BCUT2D eigenvalue weighted by Gasteiger charge is -2.44. The molecule has 0 unspecified atom stereocenters. The van der Waals surface area contributed by atoms with Gasteiger partial charge in [-0.1, -0.05) is 24.3 Å². The zero-order valence-electron chi connectivity index (χ0n) is 20.0. The Hall–Kier alpha value is -1.89. The van der Waals surface area contributed by atoms with E-state index >= 15 is 0 Å². The summed E-state index contributed by atoms with van der Waals surface area (Å²) < 4.78 is 0. The Balaban J connectivity index is 1.48. The molecule has 2 atom stereocenters. The first kappa shape index (κ1) is 24.2. The summed E-state index contributed by atoms with van der Waals surface area (Å²) in [6.45, 7) is 10.9. The summed E-state index contributed by atoms with van der Waals surface area (Å²) in [4.78, 5) is 33.9. The molecule has 0 bridgehead atoms. The van der Waals surface area contributed by atoms with Gasteiger partial charge in [-0.15, -0.1) is 22.9 Å². The van der Waals surface area contributed by atoms with Gasteiger partial charge in [0.25, 0.3) is 0 Å². The van der Waals surface area contributed by atoms with Crippen LogP contribution in [0.2, 0.25) is 0 Å². The molecule has 2 aromatic rings. The predicted molar refractivity (Wildman–Crippen MR) is 135 cm³/mol. The molecule has 5 nitrogen and oxygen atoms in total. The van der Waals surface area contributed by atoms with E-state index in [2.05, 4.69) is 47.5 Å². The quantitative estimate of drug-likeness (QED) is 0.590. The number of amides is 2. The number of fused-ring (bicyclic) bond motifs is 1. The Kier molecular flexibility index (Phi) is 7.18. The molecule has 1 saturated heterocycles. The molecule has 178 valence electrons. The van der Waals surface area contributed by atoms with E-state index in [1.54, 1.807) is 0 Å². The van der Waals surface area contributed by atoms with Crippen molar-refractivity contribution in [1.82, 2.24) is 14.7 Å². The highest BCUT2D eigenvalue weighted by Gasteiger charge is 2.38. The van der Waals surface area contributed by atoms with Gasteiger partial charge in [-0.2, -0.15) is 0 Å². The van der Waals surface area contributed by atoms with Gasteiger partial charge >= 0.3 is 0 Å². The van der Waals surface area contributed by atoms with Crippen molar-refractivity contribution in [2.24, 2.45) is 5.41 Å². The van der Waals surface area contributed by atoms with Crippen LogP contribution in [0.1, 0.15) is 48.4 Å². The number of hydrogen-bond acceptors (Lipinski definition) is 4. The van der Waals surface area contributed by atoms with Crippen LogP contribution >= 0.6 is 22.9 Å². The van der Waals surface area contributed by atoms with Crippen molar-refractivity contribution in [3.8, 4) is 0 Å². The van der Waals surface area contributed by atoms with Gasteiger partial charge in [0.2, 0.25) is 11.8 Å². The van der Waals surface area contributed by atoms with Crippen LogP contribution in [-0.2, 0) is 16.0 Å². The fourth-order valence-corrected chi connectivity index (χ4v) is 6.02. The molecule has 1 aromatic heterocycles. The van der Waals surface area contributed by atoms with Crippen molar-refractivity contribution in [3.05, 3.63) is 57.3 Å². The maximum absolute atomic E-state index is 13.4. The first-order valence-corrected chi connectivity index (χ1v) is 13.1. The lowest BCUT2D eigenvalue weighted by molar-refractivity contribution is -0.148. The second-order valence-electron chi connectivity index (χ2n) is 9.98. The van der Waals surface area contributed by atoms with Crippen LogP contribution < -0.4 is 0 Å². The van der Waals surface area contributed by atoms with Gasteiger partial charge in [-0.25, -0.2) is 0 Å². The number of carbonyl (C=O) groups is 2. The Morgan fingerprint density at radius 1 is 1.12 bits per heavy atom. The Bertz CT molecular complexity index is 1020. The number of thiophene rings is 1. The molecule has 4 rings (SSSR count). The molecule has 0 radical (unpaired) electrons. The summed E-state index contributed by atoms with van der Waals surface area (Å²) in [6, 6.07) is 10.8. The lowest BCUT2D eigenvalue weighted by atomic mass is 9.90. The van der Waals surface area contributed by atoms with E-state index in [1.807, 2.05) is 41.9 Å². The van der Waals surface area contributed by atoms with Crippen LogP contribution in [0.5, 0.6) is 0 Å². The van der Waals surface area contributed by atoms with E-state index in [0.717, 1.165) is 13.0 Å². The fourth-order valence-electron chi connectivity index (χ4n) is 5.00. The average molecular weight is 488 g/mol. The molecule has 2 aliphatic rings. The van der Waals surface area contributed by atoms with E-state index in [-0.39, 0.29) is 29.8 Å². The SMILES string of the molecule is Cc1ccccc1[C@H]1c2ccsc2CCN1CC(=O)N1CCN(C(=O)C(C)(C)CCl)[C@H](C)C1. The van der Waals surface area contributed by atoms with E-state index in [1.165, 1.54) is 21.6 Å². The average Bonchev–Trinajstić information content (AvgIpc) is 3.28. The van der Waals surface area contributed by atoms with Gasteiger partial charge < -0.3 is 9.80 Å². The molecule has 33 heavy (non-hydrogen) atoms. The number of hydrogen-bond donors (Lipinski definition) is 0. The summed E-state index contributed by atoms with van der Waals surface area (Å²) in [5.41, 5.74) is 3.27. The Morgan fingerprint density at radius 3 is 2.58 bits per heavy atom. The molecule has 3 heterocycles. The third kappa shape index (κ3) is 4.84. The number of alkyl halides is 1. The number of aryl methyl sites for hydroxylation is 1. The molecule has 0 saturated carbocycles. The van der Waals surface area contributed by atoms with Crippen LogP contribution in [0.25, 0.3) is 0 Å². The van der Waals surface area contributed by atoms with Crippen molar-refractivity contribution >= 4 is 34.8 Å². The molecular formula is C26H34ClN3O2S. The summed E-state index contributed by atoms with van der Waals surface area (Å²) in [5, 5.41) is 2.17. The summed E-state index contributed by atoms with van der Waals surface area (Å²) in [6.07, 6.45) is 0.981. The van der Waals surface area contributed by atoms with Gasteiger partial charge in [-0.05, 0) is 62.3 Å². The topological polar surface area (TPSA) is 43.9 Å². The summed E-state index contributed by atoms with van der Waals surface area (Å²) in [7, 11) is 0. The molecule has 0 N–H and O–H groups in total. The van der Waals surface area contributed by atoms with Crippen molar-refractivity contribution in [3.63, 3.8) is 0 Å². The second kappa shape index (κ2) is 9.77. The first-order valence-electron chi connectivity index (χ1n) is 11.7. The van der Waals surface area contributed by atoms with E-state index in [4.69, 9.17) is 11.6 Å². The molecule has 1 fully saturated rings. The molecule has 0 spiro atoms. The standard InChI is InChI=1S/C26H34ClN3O2S/c1-18-7-5-6-8-20(18)24-21-10-14-33-22(21)9-11-29(24)16-23(31)28-12-13-30(19(2)15-28)25(32)26(3,4)17-27/h5-8,10,14,19,24H,9,11-13,15-17H2,1-4H3/t19-,24+/m1/s1. The molecule has 2 aliphatic heterocycles. The second-order valence-corrected chi connectivity index (χ2v) is 11.3. The van der Waals surface area contributed by atoms with E-state index in [9.17, 15) is 9.59 Å². The van der Waals surface area contributed by atoms with Gasteiger partial charge in [0.1, 0.15) is 0 Å². The largest absolute Gasteiger partial charge is 0.338 e. The van der Waals surface area contributed by atoms with Crippen LogP contribution in [0.3, 0.4) is 0 Å². The minimum absolute atomic E-state index is 0.0188. The van der Waals surface area contributed by atoms with Crippen molar-refractivity contribution in [2.75, 3.05) is 38.6 Å². The third-order valence-corrected chi connectivity index (χ3v) is 8.71. The highest BCUT2D eigenvalue weighted by Crippen LogP contribution is 2.38. The smallest absolute Gasteiger partial charge is 0.236 e. The van der Waals surface area contributed by atoms with Gasteiger partial charge in [0, 0.05) is 43.0 Å². The monoisotopic (exact) mass is 487 g/mol. The highest BCUT2D eigenvalue weighted by atomic mass is 35.5.